The zero-order valence-corrected chi connectivity index (χ0v) is 32.4. The number of methoxy groups -OCH3 is 2. The summed E-state index contributed by atoms with van der Waals surface area (Å²) in [5.41, 5.74) is 5.68. The molecule has 0 N–H and O–H groups in total. The highest BCUT2D eigenvalue weighted by Crippen LogP contribution is 2.53. The fourth-order valence-corrected chi connectivity index (χ4v) is 7.38. The van der Waals surface area contributed by atoms with Crippen LogP contribution in [0.25, 0.3) is 34.1 Å². The molecule has 0 amide bonds. The molecule has 2 aliphatic rings. The second-order valence-electron chi connectivity index (χ2n) is 13.4. The van der Waals surface area contributed by atoms with Crippen LogP contribution in [-0.2, 0) is 10.8 Å². The number of hydrogen-bond donors (Lipinski definition) is 0. The summed E-state index contributed by atoms with van der Waals surface area (Å²) in [6, 6.07) is 32.3. The number of nitrogens with zero attached hydrogens (tertiary/aromatic N) is 10. The molecule has 4 heterocycles. The highest BCUT2D eigenvalue weighted by molar-refractivity contribution is 9.10. The Balaban J connectivity index is 0.000000142. The van der Waals surface area contributed by atoms with Gasteiger partial charge in [0.2, 0.25) is 0 Å². The van der Waals surface area contributed by atoms with Gasteiger partial charge in [-0.2, -0.15) is 19.2 Å². The highest BCUT2D eigenvalue weighted by Gasteiger charge is 2.51. The summed E-state index contributed by atoms with van der Waals surface area (Å²) in [5, 5.41) is 26.8. The third-order valence-electron chi connectivity index (χ3n) is 10.2. The lowest BCUT2D eigenvalue weighted by Gasteiger charge is -2.14. The lowest BCUT2D eigenvalue weighted by Crippen LogP contribution is -2.15. The fourth-order valence-electron chi connectivity index (χ4n) is 6.86. The van der Waals surface area contributed by atoms with E-state index in [1.54, 1.807) is 35.6 Å². The van der Waals surface area contributed by atoms with Crippen LogP contribution >= 0.6 is 31.9 Å². The highest BCUT2D eigenvalue weighted by atomic mass is 79.9. The first-order valence-electron chi connectivity index (χ1n) is 17.4. The minimum Gasteiger partial charge on any atom is -0.497 e. The largest absolute Gasteiger partial charge is 0.497 e. The first-order valence-corrected chi connectivity index (χ1v) is 19.0. The molecule has 0 saturated heterocycles. The molecule has 2 saturated carbocycles. The van der Waals surface area contributed by atoms with Gasteiger partial charge in [-0.3, -0.25) is 0 Å². The molecule has 2 fully saturated rings. The first-order chi connectivity index (χ1) is 26.4. The van der Waals surface area contributed by atoms with Crippen LogP contribution in [0, 0.1) is 0 Å². The van der Waals surface area contributed by atoms with Crippen molar-refractivity contribution in [1.29, 1.82) is 0 Å². The summed E-state index contributed by atoms with van der Waals surface area (Å²) in [5.74, 6) is 4.42. The Morgan fingerprint density at radius 2 is 1.02 bits per heavy atom. The van der Waals surface area contributed by atoms with Gasteiger partial charge in [-0.15, -0.1) is 20.4 Å². The molecular formula is C40H32Br2N10O2. The molecule has 0 atom stereocenters. The average molecular weight is 845 g/mol. The van der Waals surface area contributed by atoms with E-state index in [9.17, 15) is 0 Å². The molecule has 8 aromatic rings. The van der Waals surface area contributed by atoms with Crippen molar-refractivity contribution in [3.05, 3.63) is 141 Å². The van der Waals surface area contributed by atoms with E-state index in [0.29, 0.717) is 11.6 Å². The van der Waals surface area contributed by atoms with E-state index in [4.69, 9.17) is 14.6 Å². The van der Waals surface area contributed by atoms with Gasteiger partial charge in [-0.1, -0.05) is 80.4 Å². The van der Waals surface area contributed by atoms with Gasteiger partial charge >= 0.3 is 0 Å². The smallest absolute Gasteiger partial charge is 0.272 e. The maximum atomic E-state index is 5.28. The Labute approximate surface area is 326 Å². The fraction of sp³-hybridized carbons (Fsp3) is 0.200. The zero-order valence-electron chi connectivity index (χ0n) is 29.3. The summed E-state index contributed by atoms with van der Waals surface area (Å²) in [7, 11) is 3.35. The van der Waals surface area contributed by atoms with E-state index in [1.807, 2.05) is 72.8 Å². The molecule has 12 nitrogen and oxygen atoms in total. The van der Waals surface area contributed by atoms with Gasteiger partial charge < -0.3 is 9.47 Å². The molecule has 0 spiro atoms. The topological polar surface area (TPSA) is 130 Å². The number of rotatable bonds is 8. The van der Waals surface area contributed by atoms with E-state index in [1.165, 1.54) is 11.1 Å². The Bertz CT molecular complexity index is 2600. The van der Waals surface area contributed by atoms with Crippen LogP contribution in [0.5, 0.6) is 11.5 Å². The van der Waals surface area contributed by atoms with Gasteiger partial charge in [-0.05, 0) is 85.3 Å². The molecule has 4 aromatic heterocycles. The van der Waals surface area contributed by atoms with Gasteiger partial charge in [0.25, 0.3) is 11.6 Å². The van der Waals surface area contributed by atoms with Crippen LogP contribution in [0.1, 0.15) is 48.5 Å². The number of ether oxygens (including phenoxy) is 2. The van der Waals surface area contributed by atoms with Gasteiger partial charge in [-0.25, -0.2) is 9.97 Å². The maximum Gasteiger partial charge on any atom is 0.272 e. The van der Waals surface area contributed by atoms with E-state index in [0.717, 1.165) is 80.3 Å². The van der Waals surface area contributed by atoms with Gasteiger partial charge in [0.1, 0.15) is 17.2 Å². The van der Waals surface area contributed by atoms with Crippen molar-refractivity contribution in [1.82, 2.24) is 49.6 Å². The molecule has 0 unspecified atom stereocenters. The first kappa shape index (κ1) is 34.2. The van der Waals surface area contributed by atoms with Gasteiger partial charge in [0, 0.05) is 20.1 Å². The average Bonchev–Trinajstić information content (AvgIpc) is 4.13. The number of benzene rings is 4. The van der Waals surface area contributed by atoms with Gasteiger partial charge in [0.15, 0.2) is 11.6 Å². The van der Waals surface area contributed by atoms with Crippen molar-refractivity contribution in [3.8, 4) is 34.0 Å². The Hall–Kier alpha value is -5.60. The van der Waals surface area contributed by atoms with Crippen molar-refractivity contribution in [3.63, 3.8) is 0 Å². The Morgan fingerprint density at radius 3 is 1.52 bits per heavy atom. The zero-order chi connectivity index (χ0) is 36.9. The molecule has 14 heteroatoms. The van der Waals surface area contributed by atoms with Crippen LogP contribution in [0.2, 0.25) is 0 Å². The summed E-state index contributed by atoms with van der Waals surface area (Å²) in [4.78, 5) is 9.11. The summed E-state index contributed by atoms with van der Waals surface area (Å²) in [6.45, 7) is 0. The molecule has 0 radical (unpaired) electrons. The SMILES string of the molecule is COc1ccc(C2(c3nnc4nc(-c5ccc(Br)cc5)cnn34)CC2)cc1.COc1ccc(C2(c3nnc4ncc(-c5ccc(Br)cc5)nn34)CC2)cc1. The minimum atomic E-state index is -0.154. The molecular weight excluding hydrogens is 812 g/mol. The van der Waals surface area contributed by atoms with Crippen LogP contribution in [0.4, 0.5) is 0 Å². The lowest BCUT2D eigenvalue weighted by molar-refractivity contribution is 0.414. The molecule has 54 heavy (non-hydrogen) atoms. The Morgan fingerprint density at radius 1 is 0.537 bits per heavy atom. The second kappa shape index (κ2) is 13.7. The van der Waals surface area contributed by atoms with Gasteiger partial charge in [0.05, 0.1) is 43.1 Å². The predicted octanol–water partition coefficient (Wildman–Crippen LogP) is 8.07. The van der Waals surface area contributed by atoms with Crippen molar-refractivity contribution in [2.45, 2.75) is 36.5 Å². The standard InChI is InChI=1S/2C20H16BrN5O/c1-27-16-8-4-14(5-9-16)20(10-11-20)18-24-25-19-23-17(12-22-26(18)19)13-2-6-15(21)7-3-13;1-27-16-8-4-14(5-9-16)20(10-11-20)18-23-24-19-22-12-17(25-26(18)19)13-2-6-15(21)7-3-13/h2*2-9,12H,10-11H2,1H3. The normalized spacial score (nSPS) is 15.0. The predicted molar refractivity (Wildman–Crippen MR) is 209 cm³/mol. The molecule has 0 bridgehead atoms. The third-order valence-corrected chi connectivity index (χ3v) is 11.3. The van der Waals surface area contributed by atoms with E-state index in [2.05, 4.69) is 91.6 Å². The van der Waals surface area contributed by atoms with Crippen LogP contribution in [0.3, 0.4) is 0 Å². The molecule has 4 aromatic carbocycles. The Kier molecular flexibility index (Phi) is 8.65. The van der Waals surface area contributed by atoms with E-state index >= 15 is 0 Å². The van der Waals surface area contributed by atoms with Crippen molar-refractivity contribution in [2.24, 2.45) is 0 Å². The maximum absolute atomic E-state index is 5.28. The monoisotopic (exact) mass is 842 g/mol. The summed E-state index contributed by atoms with van der Waals surface area (Å²) < 4.78 is 16.2. The molecule has 0 aliphatic heterocycles. The lowest BCUT2D eigenvalue weighted by atomic mass is 9.95. The number of fused-ring (bicyclic) bond motifs is 2. The molecule has 2 aliphatic carbocycles. The summed E-state index contributed by atoms with van der Waals surface area (Å²) in [6.07, 6.45) is 7.60. The third kappa shape index (κ3) is 6.18. The second-order valence-corrected chi connectivity index (χ2v) is 15.2. The molecule has 268 valence electrons. The van der Waals surface area contributed by atoms with Crippen molar-refractivity contribution < 1.29 is 9.47 Å². The van der Waals surface area contributed by atoms with Crippen LogP contribution < -0.4 is 9.47 Å². The number of halogens is 2. The minimum absolute atomic E-state index is 0.139. The molecule has 10 rings (SSSR count). The number of hydrogen-bond acceptors (Lipinski definition) is 10. The van der Waals surface area contributed by atoms with E-state index < -0.39 is 0 Å². The van der Waals surface area contributed by atoms with Crippen LogP contribution in [-0.4, -0.2) is 63.8 Å². The van der Waals surface area contributed by atoms with Crippen molar-refractivity contribution in [2.75, 3.05) is 14.2 Å². The van der Waals surface area contributed by atoms with Crippen molar-refractivity contribution >= 4 is 43.4 Å². The number of aromatic nitrogens is 10. The summed E-state index contributed by atoms with van der Waals surface area (Å²) >= 11 is 6.91. The van der Waals surface area contributed by atoms with E-state index in [-0.39, 0.29) is 10.8 Å². The quantitative estimate of drug-likeness (QED) is 0.148. The van der Waals surface area contributed by atoms with Crippen LogP contribution in [0.15, 0.2) is 118 Å².